The monoisotopic (exact) mass is 260 g/mol. The highest BCUT2D eigenvalue weighted by Crippen LogP contribution is 2.41. The minimum Gasteiger partial charge on any atom is -0.296 e. The van der Waals surface area contributed by atoms with Crippen molar-refractivity contribution in [3.8, 4) is 6.07 Å². The van der Waals surface area contributed by atoms with Gasteiger partial charge in [0.2, 0.25) is 0 Å². The minimum absolute atomic E-state index is 0.304. The fraction of sp³-hybridized carbons (Fsp3) is 0.941. The van der Waals surface area contributed by atoms with E-state index in [2.05, 4.69) is 17.9 Å². The Morgan fingerprint density at radius 2 is 1.74 bits per heavy atom. The maximum Gasteiger partial charge on any atom is 0.0672 e. The second kappa shape index (κ2) is 5.83. The van der Waals surface area contributed by atoms with E-state index in [1.165, 1.54) is 57.9 Å². The predicted molar refractivity (Wildman–Crippen MR) is 77.6 cm³/mol. The zero-order valence-corrected chi connectivity index (χ0v) is 12.4. The quantitative estimate of drug-likeness (QED) is 0.751. The van der Waals surface area contributed by atoms with Crippen LogP contribution in [-0.4, -0.2) is 23.5 Å². The molecule has 1 saturated heterocycles. The third-order valence-corrected chi connectivity index (χ3v) is 5.96. The highest BCUT2D eigenvalue weighted by atomic mass is 15.2. The van der Waals surface area contributed by atoms with Crippen LogP contribution in [0.15, 0.2) is 0 Å². The molecule has 3 rings (SSSR count). The number of nitrogens with zero attached hydrogens (tertiary/aromatic N) is 2. The van der Waals surface area contributed by atoms with E-state index in [0.717, 1.165) is 24.3 Å². The Morgan fingerprint density at radius 3 is 2.47 bits per heavy atom. The fourth-order valence-corrected chi connectivity index (χ4v) is 4.94. The van der Waals surface area contributed by atoms with Crippen LogP contribution in [0.3, 0.4) is 0 Å². The second-order valence-corrected chi connectivity index (χ2v) is 7.21. The minimum atomic E-state index is 0.304. The van der Waals surface area contributed by atoms with E-state index in [1.54, 1.807) is 0 Å². The summed E-state index contributed by atoms with van der Waals surface area (Å²) in [5, 5.41) is 9.48. The first kappa shape index (κ1) is 13.4. The maximum absolute atomic E-state index is 9.48. The predicted octanol–water partition coefficient (Wildman–Crippen LogP) is 3.97. The summed E-state index contributed by atoms with van der Waals surface area (Å²) in [4.78, 5) is 2.78. The zero-order chi connectivity index (χ0) is 13.2. The maximum atomic E-state index is 9.48. The molecule has 2 heteroatoms. The van der Waals surface area contributed by atoms with Crippen LogP contribution in [0.5, 0.6) is 0 Å². The number of likely N-dealkylation sites (tertiary alicyclic amines) is 1. The topological polar surface area (TPSA) is 27.0 Å². The van der Waals surface area contributed by atoms with Gasteiger partial charge in [0.05, 0.1) is 12.0 Å². The Kier molecular flexibility index (Phi) is 4.12. The first-order chi connectivity index (χ1) is 9.29. The molecule has 19 heavy (non-hydrogen) atoms. The molecule has 0 N–H and O–H groups in total. The molecular formula is C17H28N2. The van der Waals surface area contributed by atoms with Crippen molar-refractivity contribution in [1.82, 2.24) is 4.90 Å². The zero-order valence-electron chi connectivity index (χ0n) is 12.4. The van der Waals surface area contributed by atoms with Crippen molar-refractivity contribution in [2.45, 2.75) is 76.8 Å². The molecule has 0 aromatic rings. The van der Waals surface area contributed by atoms with E-state index in [1.807, 2.05) is 0 Å². The average molecular weight is 260 g/mol. The molecule has 1 heterocycles. The van der Waals surface area contributed by atoms with Gasteiger partial charge in [0.25, 0.3) is 0 Å². The molecule has 0 spiro atoms. The summed E-state index contributed by atoms with van der Waals surface area (Å²) in [6.45, 7) is 3.64. The lowest BCUT2D eigenvalue weighted by molar-refractivity contribution is 0.0701. The Bertz CT molecular complexity index is 340. The van der Waals surface area contributed by atoms with E-state index in [0.29, 0.717) is 12.0 Å². The molecular weight excluding hydrogens is 232 g/mol. The van der Waals surface area contributed by atoms with Gasteiger partial charge in [-0.1, -0.05) is 19.8 Å². The summed E-state index contributed by atoms with van der Waals surface area (Å²) < 4.78 is 0. The van der Waals surface area contributed by atoms with Crippen LogP contribution in [0.1, 0.15) is 64.7 Å². The lowest BCUT2D eigenvalue weighted by Gasteiger charge is -2.42. The van der Waals surface area contributed by atoms with E-state index < -0.39 is 0 Å². The van der Waals surface area contributed by atoms with Crippen LogP contribution >= 0.6 is 0 Å². The van der Waals surface area contributed by atoms with Crippen molar-refractivity contribution < 1.29 is 0 Å². The van der Waals surface area contributed by atoms with E-state index >= 15 is 0 Å². The van der Waals surface area contributed by atoms with E-state index in [-0.39, 0.29) is 0 Å². The lowest BCUT2D eigenvalue weighted by Crippen LogP contribution is -2.48. The Hall–Kier alpha value is -0.550. The fourth-order valence-electron chi connectivity index (χ4n) is 4.94. The van der Waals surface area contributed by atoms with Crippen molar-refractivity contribution in [1.29, 1.82) is 5.26 Å². The summed E-state index contributed by atoms with van der Waals surface area (Å²) in [6, 6.07) is 4.01. The lowest BCUT2D eigenvalue weighted by atomic mass is 9.78. The molecule has 4 unspecified atom stereocenters. The highest BCUT2D eigenvalue weighted by Gasteiger charge is 2.41. The van der Waals surface area contributed by atoms with Crippen molar-refractivity contribution in [2.75, 3.05) is 6.54 Å². The summed E-state index contributed by atoms with van der Waals surface area (Å²) >= 11 is 0. The molecule has 3 aliphatic rings. The molecule has 106 valence electrons. The first-order valence-corrected chi connectivity index (χ1v) is 8.45. The van der Waals surface area contributed by atoms with Gasteiger partial charge < -0.3 is 0 Å². The second-order valence-electron chi connectivity index (χ2n) is 7.21. The number of hydrogen-bond donors (Lipinski definition) is 0. The van der Waals surface area contributed by atoms with E-state index in [9.17, 15) is 5.26 Å². The van der Waals surface area contributed by atoms with Crippen LogP contribution in [0.25, 0.3) is 0 Å². The molecule has 0 radical (unpaired) electrons. The van der Waals surface area contributed by atoms with Gasteiger partial charge in [0, 0.05) is 12.1 Å². The highest BCUT2D eigenvalue weighted by molar-refractivity contribution is 5.01. The van der Waals surface area contributed by atoms with Crippen LogP contribution in [0, 0.1) is 29.1 Å². The molecule has 0 bridgehead atoms. The Balaban J connectivity index is 1.72. The largest absolute Gasteiger partial charge is 0.296 e. The van der Waals surface area contributed by atoms with Gasteiger partial charge in [-0.05, 0) is 63.3 Å². The third-order valence-electron chi connectivity index (χ3n) is 5.96. The standard InChI is InChI=1S/C17H28N2/c1-13-8-9-15(12-18)17(11-13)19-10-4-7-16(19)14-5-2-3-6-14/h13-17H,2-11H2,1H3. The van der Waals surface area contributed by atoms with Crippen molar-refractivity contribution in [3.63, 3.8) is 0 Å². The Morgan fingerprint density at radius 1 is 0.947 bits per heavy atom. The molecule has 2 aliphatic carbocycles. The summed E-state index contributed by atoms with van der Waals surface area (Å²) in [5.74, 6) is 2.07. The third kappa shape index (κ3) is 2.68. The van der Waals surface area contributed by atoms with Crippen LogP contribution in [0.4, 0.5) is 0 Å². The molecule has 2 nitrogen and oxygen atoms in total. The van der Waals surface area contributed by atoms with Crippen molar-refractivity contribution in [2.24, 2.45) is 17.8 Å². The molecule has 3 fully saturated rings. The van der Waals surface area contributed by atoms with Gasteiger partial charge >= 0.3 is 0 Å². The van der Waals surface area contributed by atoms with Crippen LogP contribution in [-0.2, 0) is 0 Å². The van der Waals surface area contributed by atoms with Crippen molar-refractivity contribution >= 4 is 0 Å². The van der Waals surface area contributed by atoms with Crippen LogP contribution in [0.2, 0.25) is 0 Å². The number of hydrogen-bond acceptors (Lipinski definition) is 2. The van der Waals surface area contributed by atoms with Crippen molar-refractivity contribution in [3.05, 3.63) is 0 Å². The van der Waals surface area contributed by atoms with Gasteiger partial charge in [0.15, 0.2) is 0 Å². The summed E-state index contributed by atoms with van der Waals surface area (Å²) in [7, 11) is 0. The van der Waals surface area contributed by atoms with Gasteiger partial charge in [0.1, 0.15) is 0 Å². The number of nitriles is 1. The summed E-state index contributed by atoms with van der Waals surface area (Å²) in [5.41, 5.74) is 0. The van der Waals surface area contributed by atoms with Gasteiger partial charge in [-0.15, -0.1) is 0 Å². The van der Waals surface area contributed by atoms with Gasteiger partial charge in [-0.2, -0.15) is 5.26 Å². The molecule has 0 aromatic heterocycles. The normalized spacial score (nSPS) is 41.5. The SMILES string of the molecule is CC1CCC(C#N)C(N2CCCC2C2CCCC2)C1. The van der Waals surface area contributed by atoms with Gasteiger partial charge in [-0.25, -0.2) is 0 Å². The molecule has 0 amide bonds. The molecule has 4 atom stereocenters. The summed E-state index contributed by atoms with van der Waals surface area (Å²) in [6.07, 6.45) is 12.2. The molecule has 2 saturated carbocycles. The van der Waals surface area contributed by atoms with Crippen LogP contribution < -0.4 is 0 Å². The first-order valence-electron chi connectivity index (χ1n) is 8.45. The average Bonchev–Trinajstić information content (AvgIpc) is 3.09. The Labute approximate surface area is 118 Å². The van der Waals surface area contributed by atoms with E-state index in [4.69, 9.17) is 0 Å². The molecule has 1 aliphatic heterocycles. The number of rotatable bonds is 2. The van der Waals surface area contributed by atoms with Gasteiger partial charge in [-0.3, -0.25) is 4.90 Å². The smallest absolute Gasteiger partial charge is 0.0672 e. The molecule has 0 aromatic carbocycles.